The minimum absolute atomic E-state index is 0.332. The second-order valence-corrected chi connectivity index (χ2v) is 8.44. The van der Waals surface area contributed by atoms with Gasteiger partial charge in [0, 0.05) is 39.7 Å². The molecular weight excluding hydrogens is 348 g/mol. The summed E-state index contributed by atoms with van der Waals surface area (Å²) in [5, 5.41) is 0. The van der Waals surface area contributed by atoms with Gasteiger partial charge in [0.2, 0.25) is 5.91 Å². The average molecular weight is 389 g/mol. The van der Waals surface area contributed by atoms with E-state index in [1.165, 1.54) is 30.4 Å². The van der Waals surface area contributed by atoms with Crippen LogP contribution >= 0.6 is 0 Å². The number of nitrogens with zero attached hydrogens (tertiary/aromatic N) is 2. The molecule has 0 radical (unpaired) electrons. The van der Waals surface area contributed by atoms with Crippen LogP contribution in [0.1, 0.15) is 75.3 Å². The molecule has 1 aliphatic rings. The first-order valence-electron chi connectivity index (χ1n) is 11.1. The number of hydrogen-bond acceptors (Lipinski definition) is 3. The van der Waals surface area contributed by atoms with Crippen LogP contribution in [0.4, 0.5) is 0 Å². The second-order valence-electron chi connectivity index (χ2n) is 8.44. The van der Waals surface area contributed by atoms with Gasteiger partial charge in [0.05, 0.1) is 6.61 Å². The monoisotopic (exact) mass is 388 g/mol. The van der Waals surface area contributed by atoms with Crippen molar-refractivity contribution in [1.29, 1.82) is 0 Å². The molecule has 0 aliphatic heterocycles. The predicted octanol–water partition coefficient (Wildman–Crippen LogP) is 4.83. The summed E-state index contributed by atoms with van der Waals surface area (Å²) in [4.78, 5) is 16.7. The minimum Gasteiger partial charge on any atom is -0.383 e. The van der Waals surface area contributed by atoms with E-state index in [9.17, 15) is 4.79 Å². The number of carbonyl (C=O) groups is 1. The van der Waals surface area contributed by atoms with Gasteiger partial charge in [-0.05, 0) is 56.2 Å². The molecule has 4 nitrogen and oxygen atoms in total. The van der Waals surface area contributed by atoms with Gasteiger partial charge in [-0.15, -0.1) is 0 Å². The molecule has 28 heavy (non-hydrogen) atoms. The van der Waals surface area contributed by atoms with Gasteiger partial charge in [-0.2, -0.15) is 0 Å². The zero-order valence-electron chi connectivity index (χ0n) is 18.5. The zero-order chi connectivity index (χ0) is 20.4. The van der Waals surface area contributed by atoms with Crippen molar-refractivity contribution in [3.63, 3.8) is 0 Å². The van der Waals surface area contributed by atoms with Gasteiger partial charge in [0.25, 0.3) is 0 Å². The topological polar surface area (TPSA) is 32.8 Å². The number of ether oxygens (including phenoxy) is 1. The van der Waals surface area contributed by atoms with Crippen molar-refractivity contribution in [1.82, 2.24) is 9.80 Å². The maximum atomic E-state index is 12.4. The number of hydrogen-bond donors (Lipinski definition) is 0. The minimum atomic E-state index is 0.332. The predicted molar refractivity (Wildman–Crippen MR) is 117 cm³/mol. The molecule has 0 spiro atoms. The summed E-state index contributed by atoms with van der Waals surface area (Å²) in [5.41, 5.74) is 2.81. The molecule has 1 aliphatic carbocycles. The quantitative estimate of drug-likeness (QED) is 0.509. The highest BCUT2D eigenvalue weighted by molar-refractivity contribution is 5.76. The van der Waals surface area contributed by atoms with E-state index in [4.69, 9.17) is 4.74 Å². The summed E-state index contributed by atoms with van der Waals surface area (Å²) in [6, 6.07) is 9.59. The summed E-state index contributed by atoms with van der Waals surface area (Å²) >= 11 is 0. The van der Waals surface area contributed by atoms with Crippen LogP contribution < -0.4 is 0 Å². The second kappa shape index (κ2) is 12.2. The normalized spacial score (nSPS) is 19.8. The van der Waals surface area contributed by atoms with Crippen LogP contribution in [0.15, 0.2) is 24.3 Å². The van der Waals surface area contributed by atoms with Crippen molar-refractivity contribution in [3.05, 3.63) is 35.4 Å². The molecule has 0 heterocycles. The Balaban J connectivity index is 1.78. The van der Waals surface area contributed by atoms with Crippen molar-refractivity contribution >= 4 is 5.91 Å². The maximum absolute atomic E-state index is 12.4. The number of unbranched alkanes of at least 4 members (excludes halogenated alkanes) is 2. The van der Waals surface area contributed by atoms with Crippen LogP contribution in [0.5, 0.6) is 0 Å². The fourth-order valence-electron chi connectivity index (χ4n) is 4.24. The Morgan fingerprint density at radius 2 is 1.75 bits per heavy atom. The molecule has 2 rings (SSSR count). The molecule has 1 fully saturated rings. The first-order chi connectivity index (χ1) is 13.5. The van der Waals surface area contributed by atoms with Crippen LogP contribution in [0, 0.1) is 0 Å². The zero-order valence-corrected chi connectivity index (χ0v) is 18.5. The molecule has 158 valence electrons. The Bertz CT molecular complexity index is 564. The van der Waals surface area contributed by atoms with Gasteiger partial charge in [-0.1, -0.05) is 44.0 Å². The Kier molecular flexibility index (Phi) is 10.0. The fraction of sp³-hybridized carbons (Fsp3) is 0.708. The highest BCUT2D eigenvalue weighted by Gasteiger charge is 2.27. The lowest BCUT2D eigenvalue weighted by atomic mass is 9.81. The summed E-state index contributed by atoms with van der Waals surface area (Å²) < 4.78 is 5.15. The van der Waals surface area contributed by atoms with E-state index in [0.717, 1.165) is 45.4 Å². The number of amides is 1. The number of carbonyl (C=O) groups excluding carboxylic acids is 1. The van der Waals surface area contributed by atoms with Crippen molar-refractivity contribution in [2.75, 3.05) is 34.4 Å². The first kappa shape index (κ1) is 22.9. The largest absolute Gasteiger partial charge is 0.383 e. The van der Waals surface area contributed by atoms with Crippen molar-refractivity contribution < 1.29 is 9.53 Å². The lowest BCUT2D eigenvalue weighted by Crippen LogP contribution is -2.39. The van der Waals surface area contributed by atoms with E-state index < -0.39 is 0 Å². The number of rotatable bonds is 11. The van der Waals surface area contributed by atoms with Crippen LogP contribution in [0.25, 0.3) is 0 Å². The lowest BCUT2D eigenvalue weighted by Gasteiger charge is -2.35. The van der Waals surface area contributed by atoms with E-state index in [-0.39, 0.29) is 0 Å². The Morgan fingerprint density at radius 1 is 1.07 bits per heavy atom. The third-order valence-corrected chi connectivity index (χ3v) is 6.21. The summed E-state index contributed by atoms with van der Waals surface area (Å²) in [6.45, 7) is 4.86. The Morgan fingerprint density at radius 3 is 2.36 bits per heavy atom. The SMILES string of the molecule is CCCCCC(=O)N(C)[C@H]1CC[C@H](c2ccc(CN(C)CCOC)cc2)CC1. The van der Waals surface area contributed by atoms with Crippen molar-refractivity contribution in [2.45, 2.75) is 76.8 Å². The van der Waals surface area contributed by atoms with Gasteiger partial charge >= 0.3 is 0 Å². The standard InChI is InChI=1S/C24H40N2O2/c1-5-6-7-8-24(27)26(3)23-15-13-22(14-16-23)21-11-9-20(10-12-21)19-25(2)17-18-28-4/h9-12,22-23H,5-8,13-19H2,1-4H3/t22-,23-. The summed E-state index contributed by atoms with van der Waals surface area (Å²) in [6.07, 6.45) is 8.69. The van der Waals surface area contributed by atoms with Crippen molar-refractivity contribution in [3.8, 4) is 0 Å². The third-order valence-electron chi connectivity index (χ3n) is 6.21. The van der Waals surface area contributed by atoms with Crippen LogP contribution in [-0.2, 0) is 16.1 Å². The molecule has 0 saturated heterocycles. The summed E-state index contributed by atoms with van der Waals surface area (Å²) in [5.74, 6) is 0.971. The van der Waals surface area contributed by atoms with Crippen LogP contribution in [-0.4, -0.2) is 56.1 Å². The molecule has 0 N–H and O–H groups in total. The van der Waals surface area contributed by atoms with Gasteiger partial charge < -0.3 is 9.64 Å². The van der Waals surface area contributed by atoms with E-state index in [1.807, 2.05) is 11.9 Å². The molecule has 1 saturated carbocycles. The number of benzene rings is 1. The molecule has 1 aromatic rings. The maximum Gasteiger partial charge on any atom is 0.222 e. The molecule has 0 unspecified atom stereocenters. The third kappa shape index (κ3) is 7.21. The van der Waals surface area contributed by atoms with Gasteiger partial charge in [-0.25, -0.2) is 0 Å². The highest BCUT2D eigenvalue weighted by Crippen LogP contribution is 2.34. The highest BCUT2D eigenvalue weighted by atomic mass is 16.5. The molecule has 1 amide bonds. The van der Waals surface area contributed by atoms with Gasteiger partial charge in [-0.3, -0.25) is 9.69 Å². The molecule has 1 aromatic carbocycles. The van der Waals surface area contributed by atoms with Gasteiger partial charge in [0.15, 0.2) is 0 Å². The van der Waals surface area contributed by atoms with E-state index >= 15 is 0 Å². The van der Waals surface area contributed by atoms with Gasteiger partial charge in [0.1, 0.15) is 0 Å². The first-order valence-corrected chi connectivity index (χ1v) is 11.1. The van der Waals surface area contributed by atoms with E-state index in [0.29, 0.717) is 24.3 Å². The number of likely N-dealkylation sites (N-methyl/N-ethyl adjacent to an activating group) is 1. The molecule has 0 atom stereocenters. The van der Waals surface area contributed by atoms with E-state index in [2.05, 4.69) is 43.1 Å². The fourth-order valence-corrected chi connectivity index (χ4v) is 4.24. The van der Waals surface area contributed by atoms with Crippen LogP contribution in [0.3, 0.4) is 0 Å². The molecule has 0 bridgehead atoms. The Hall–Kier alpha value is -1.39. The molecule has 4 heteroatoms. The molecule has 0 aromatic heterocycles. The summed E-state index contributed by atoms with van der Waals surface area (Å²) in [7, 11) is 5.89. The average Bonchev–Trinajstić information content (AvgIpc) is 2.72. The van der Waals surface area contributed by atoms with Crippen LogP contribution in [0.2, 0.25) is 0 Å². The lowest BCUT2D eigenvalue weighted by molar-refractivity contribution is -0.132. The van der Waals surface area contributed by atoms with Crippen molar-refractivity contribution in [2.24, 2.45) is 0 Å². The number of methoxy groups -OCH3 is 1. The molecular formula is C24H40N2O2. The smallest absolute Gasteiger partial charge is 0.222 e. The van der Waals surface area contributed by atoms with E-state index in [1.54, 1.807) is 7.11 Å². The Labute approximate surface area is 172 Å².